The van der Waals surface area contributed by atoms with E-state index in [9.17, 15) is 8.42 Å². The molecule has 0 aromatic carbocycles. The minimum Gasteiger partial charge on any atom is -0.381 e. The molecule has 4 aliphatic rings. The molecule has 1 aromatic rings. The quantitative estimate of drug-likeness (QED) is 0.724. The molecular weight excluding hydrogens is 414 g/mol. The maximum absolute atomic E-state index is 13.5. The fraction of sp³-hybridized carbons (Fsp3) is 0.682. The Morgan fingerprint density at radius 2 is 2.10 bits per heavy atom. The minimum absolute atomic E-state index is 0.264. The van der Waals surface area contributed by atoms with E-state index in [1.54, 1.807) is 11.4 Å². The second kappa shape index (κ2) is 8.35. The van der Waals surface area contributed by atoms with Gasteiger partial charge in [0.15, 0.2) is 0 Å². The summed E-state index contributed by atoms with van der Waals surface area (Å²) in [4.78, 5) is 10.2. The molecule has 3 aliphatic heterocycles. The van der Waals surface area contributed by atoms with Gasteiger partial charge in [-0.25, -0.2) is 4.99 Å². The molecule has 1 N–H and O–H groups in total. The number of nitrogens with zero attached hydrogens (tertiary/aromatic N) is 4. The second-order valence-electron chi connectivity index (χ2n) is 9.30. The zero-order valence-corrected chi connectivity index (χ0v) is 19.1. The van der Waals surface area contributed by atoms with Gasteiger partial charge < -0.3 is 14.6 Å². The molecule has 1 saturated carbocycles. The number of aromatic amines is 1. The summed E-state index contributed by atoms with van der Waals surface area (Å²) in [6.45, 7) is 4.08. The van der Waals surface area contributed by atoms with Crippen LogP contribution < -0.4 is 10.7 Å². The first-order chi connectivity index (χ1) is 15.0. The predicted octanol–water partition coefficient (Wildman–Crippen LogP) is 0.803. The van der Waals surface area contributed by atoms with Crippen molar-refractivity contribution in [3.63, 3.8) is 0 Å². The summed E-state index contributed by atoms with van der Waals surface area (Å²) in [5.74, 6) is 0.388. The van der Waals surface area contributed by atoms with Crippen LogP contribution in [0.1, 0.15) is 38.5 Å². The summed E-state index contributed by atoms with van der Waals surface area (Å²) in [5, 5.41) is 1.15. The third-order valence-electron chi connectivity index (χ3n) is 7.22. The first-order valence-corrected chi connectivity index (χ1v) is 12.9. The third kappa shape index (κ3) is 4.08. The van der Waals surface area contributed by atoms with E-state index in [1.807, 2.05) is 16.7 Å². The van der Waals surface area contributed by atoms with Gasteiger partial charge in [0.1, 0.15) is 5.49 Å². The lowest BCUT2D eigenvalue weighted by Gasteiger charge is -2.44. The highest BCUT2D eigenvalue weighted by molar-refractivity contribution is 7.86. The average Bonchev–Trinajstić information content (AvgIpc) is 3.35. The highest BCUT2D eigenvalue weighted by Gasteiger charge is 2.56. The van der Waals surface area contributed by atoms with Gasteiger partial charge in [-0.1, -0.05) is 6.08 Å². The summed E-state index contributed by atoms with van der Waals surface area (Å²) >= 11 is 0. The molecule has 3 fully saturated rings. The molecule has 4 heterocycles. The number of nitrogens with one attached hydrogen (secondary N) is 1. The molecule has 0 atom stereocenters. The largest absolute Gasteiger partial charge is 0.381 e. The van der Waals surface area contributed by atoms with Gasteiger partial charge in [-0.3, -0.25) is 0 Å². The van der Waals surface area contributed by atoms with Crippen LogP contribution in [0.5, 0.6) is 0 Å². The molecule has 8 nitrogen and oxygen atoms in total. The standard InChI is InChI=1S/C22H33N5O3S/c1-25(16-18-6-14-30-15-7-18)31(28,29)27-13-12-26(17-22(27)8-9-22)20-4-2-3-10-23-21-19(20)5-11-24-21/h3,5,10-11,18H,2,4,6-9,12-17H2,1H3,(H,23,24). The summed E-state index contributed by atoms with van der Waals surface area (Å²) in [6.07, 6.45) is 11.6. The molecule has 170 valence electrons. The average molecular weight is 448 g/mol. The van der Waals surface area contributed by atoms with Crippen molar-refractivity contribution >= 4 is 15.9 Å². The maximum Gasteiger partial charge on any atom is 0.282 e. The number of ether oxygens (including phenoxy) is 1. The number of allylic oxidation sites excluding steroid dienone is 1. The van der Waals surface area contributed by atoms with Crippen LogP contribution in [0.25, 0.3) is 5.70 Å². The van der Waals surface area contributed by atoms with E-state index in [4.69, 9.17) is 4.74 Å². The van der Waals surface area contributed by atoms with E-state index < -0.39 is 10.2 Å². The second-order valence-corrected chi connectivity index (χ2v) is 11.3. The molecule has 2 saturated heterocycles. The van der Waals surface area contributed by atoms with Crippen LogP contribution in [-0.2, 0) is 14.9 Å². The van der Waals surface area contributed by atoms with E-state index in [1.165, 1.54) is 5.70 Å². The van der Waals surface area contributed by atoms with Crippen molar-refractivity contribution in [1.29, 1.82) is 0 Å². The summed E-state index contributed by atoms with van der Waals surface area (Å²) < 4.78 is 35.9. The third-order valence-corrected chi connectivity index (χ3v) is 9.28. The zero-order chi connectivity index (χ0) is 21.5. The van der Waals surface area contributed by atoms with E-state index >= 15 is 0 Å². The summed E-state index contributed by atoms with van der Waals surface area (Å²) in [6, 6.07) is 2.09. The smallest absolute Gasteiger partial charge is 0.282 e. The molecule has 0 amide bonds. The van der Waals surface area contributed by atoms with Gasteiger partial charge in [0.05, 0.1) is 5.54 Å². The lowest BCUT2D eigenvalue weighted by Crippen LogP contribution is -2.59. The number of piperazine rings is 1. The first-order valence-electron chi connectivity index (χ1n) is 11.5. The van der Waals surface area contributed by atoms with Gasteiger partial charge >= 0.3 is 0 Å². The van der Waals surface area contributed by atoms with Crippen molar-refractivity contribution in [2.24, 2.45) is 10.9 Å². The lowest BCUT2D eigenvalue weighted by atomic mass is 10.0. The first kappa shape index (κ1) is 21.2. The number of hydrogen-bond acceptors (Lipinski definition) is 5. The van der Waals surface area contributed by atoms with Crippen LogP contribution in [0.15, 0.2) is 29.5 Å². The Morgan fingerprint density at radius 3 is 2.87 bits per heavy atom. The van der Waals surface area contributed by atoms with Crippen LogP contribution >= 0.6 is 0 Å². The van der Waals surface area contributed by atoms with Gasteiger partial charge in [0.2, 0.25) is 0 Å². The Balaban J connectivity index is 1.36. The number of aromatic nitrogens is 1. The Bertz CT molecular complexity index is 1050. The van der Waals surface area contributed by atoms with Crippen LogP contribution in [-0.4, -0.2) is 78.9 Å². The molecule has 0 radical (unpaired) electrons. The van der Waals surface area contributed by atoms with Gasteiger partial charge in [0, 0.05) is 69.8 Å². The fourth-order valence-corrected chi connectivity index (χ4v) is 7.02. The highest BCUT2D eigenvalue weighted by atomic mass is 32.2. The number of fused-ring (bicyclic) bond motifs is 1. The number of rotatable bonds is 5. The van der Waals surface area contributed by atoms with E-state index in [-0.39, 0.29) is 5.54 Å². The van der Waals surface area contributed by atoms with Crippen molar-refractivity contribution in [3.05, 3.63) is 35.2 Å². The SMILES string of the molecule is CN(CC1CCOCC1)S(=O)(=O)N1CCN(C2=c3cc[nH]c3=NC=CCC2)CC12CC2. The molecule has 9 heteroatoms. The molecule has 1 aromatic heterocycles. The molecule has 0 bridgehead atoms. The Hall–Kier alpha value is -1.68. The van der Waals surface area contributed by atoms with Gasteiger partial charge in [-0.2, -0.15) is 17.0 Å². The van der Waals surface area contributed by atoms with Crippen molar-refractivity contribution in [3.8, 4) is 0 Å². The van der Waals surface area contributed by atoms with Crippen molar-refractivity contribution < 1.29 is 13.2 Å². The maximum atomic E-state index is 13.5. The van der Waals surface area contributed by atoms with Gasteiger partial charge in [-0.15, -0.1) is 0 Å². The normalized spacial score (nSPS) is 24.7. The number of hydrogen-bond donors (Lipinski definition) is 1. The topological polar surface area (TPSA) is 81.2 Å². The van der Waals surface area contributed by atoms with Crippen molar-refractivity contribution in [2.75, 3.05) is 46.4 Å². The molecule has 31 heavy (non-hydrogen) atoms. The Labute approximate surface area is 184 Å². The molecule has 1 aliphatic carbocycles. The van der Waals surface area contributed by atoms with E-state index in [0.717, 1.165) is 75.5 Å². The van der Waals surface area contributed by atoms with E-state index in [2.05, 4.69) is 27.0 Å². The minimum atomic E-state index is -3.47. The van der Waals surface area contributed by atoms with Crippen molar-refractivity contribution in [2.45, 2.75) is 44.1 Å². The molecule has 1 spiro atoms. The Kier molecular flexibility index (Phi) is 5.70. The Morgan fingerprint density at radius 1 is 1.29 bits per heavy atom. The van der Waals surface area contributed by atoms with Crippen LogP contribution in [0.4, 0.5) is 0 Å². The fourth-order valence-electron chi connectivity index (χ4n) is 5.24. The zero-order valence-electron chi connectivity index (χ0n) is 18.3. The van der Waals surface area contributed by atoms with Crippen molar-refractivity contribution in [1.82, 2.24) is 18.5 Å². The van der Waals surface area contributed by atoms with Crippen LogP contribution in [0.2, 0.25) is 0 Å². The summed E-state index contributed by atoms with van der Waals surface area (Å²) in [5.41, 5.74) is 1.91. The lowest BCUT2D eigenvalue weighted by molar-refractivity contribution is 0.0609. The van der Waals surface area contributed by atoms with Crippen LogP contribution in [0, 0.1) is 5.92 Å². The molecule has 5 rings (SSSR count). The predicted molar refractivity (Wildman–Crippen MR) is 119 cm³/mol. The van der Waals surface area contributed by atoms with Gasteiger partial charge in [-0.05, 0) is 50.5 Å². The van der Waals surface area contributed by atoms with Crippen LogP contribution in [0.3, 0.4) is 0 Å². The molecule has 0 unspecified atom stereocenters. The van der Waals surface area contributed by atoms with Gasteiger partial charge in [0.25, 0.3) is 10.2 Å². The highest BCUT2D eigenvalue weighted by Crippen LogP contribution is 2.47. The monoisotopic (exact) mass is 447 g/mol. The molecular formula is C22H33N5O3S. The summed E-state index contributed by atoms with van der Waals surface area (Å²) in [7, 11) is -1.72. The number of H-pyrrole nitrogens is 1. The van der Waals surface area contributed by atoms with E-state index in [0.29, 0.717) is 19.0 Å².